The lowest BCUT2D eigenvalue weighted by atomic mass is 10.1. The van der Waals surface area contributed by atoms with Crippen LogP contribution in [0.4, 0.5) is 16.3 Å². The Labute approximate surface area is 207 Å². The van der Waals surface area contributed by atoms with Gasteiger partial charge in [-0.15, -0.1) is 0 Å². The first-order valence-corrected chi connectivity index (χ1v) is 13.1. The van der Waals surface area contributed by atoms with E-state index >= 15 is 0 Å². The molecule has 0 aliphatic carbocycles. The number of nitrogens with zero attached hydrogens (tertiary/aromatic N) is 3. The fraction of sp³-hybridized carbons (Fsp3) is 0.333. The van der Waals surface area contributed by atoms with Crippen LogP contribution in [0.3, 0.4) is 0 Å². The summed E-state index contributed by atoms with van der Waals surface area (Å²) in [6.07, 6.45) is 2.37. The van der Waals surface area contributed by atoms with Crippen molar-refractivity contribution in [1.82, 2.24) is 9.29 Å². The topological polar surface area (TPSA) is 79.8 Å². The molecule has 184 valence electrons. The van der Waals surface area contributed by atoms with Gasteiger partial charge in [-0.05, 0) is 70.9 Å². The molecule has 0 bridgehead atoms. The summed E-state index contributed by atoms with van der Waals surface area (Å²) in [5, 5.41) is 0. The lowest BCUT2D eigenvalue weighted by Crippen LogP contribution is -2.36. The Bertz CT molecular complexity index is 1290. The molecule has 1 amide bonds. The third-order valence-corrected chi connectivity index (χ3v) is 7.73. The van der Waals surface area contributed by atoms with Crippen molar-refractivity contribution in [3.05, 3.63) is 84.1 Å². The molecule has 0 radical (unpaired) electrons. The summed E-state index contributed by atoms with van der Waals surface area (Å²) < 4.78 is 34.4. The highest BCUT2D eigenvalue weighted by Crippen LogP contribution is 2.41. The van der Waals surface area contributed by atoms with Crippen LogP contribution < -0.4 is 4.90 Å². The number of rotatable bonds is 5. The van der Waals surface area contributed by atoms with Gasteiger partial charge in [0, 0.05) is 18.3 Å². The number of carbonyl (C=O) groups excluding carboxylic acids is 1. The molecule has 4 rings (SSSR count). The van der Waals surface area contributed by atoms with E-state index in [1.54, 1.807) is 69.4 Å². The first-order chi connectivity index (χ1) is 16.6. The van der Waals surface area contributed by atoms with E-state index < -0.39 is 27.8 Å². The number of hydrogen-bond acceptors (Lipinski definition) is 5. The number of sulfonamides is 1. The van der Waals surface area contributed by atoms with Gasteiger partial charge < -0.3 is 4.74 Å². The highest BCUT2D eigenvalue weighted by molar-refractivity contribution is 7.89. The SMILES string of the molecule is Cc1ccc(S(=O)(=O)N2CCC[C@H]2c2cccnc2N(C(=O)OC(C)(C)C)c2ccccc2)cc1. The number of ether oxygens (including phenoxy) is 1. The molecule has 0 spiro atoms. The Balaban J connectivity index is 1.79. The summed E-state index contributed by atoms with van der Waals surface area (Å²) in [6, 6.07) is 19.2. The second-order valence-corrected chi connectivity index (χ2v) is 11.5. The van der Waals surface area contributed by atoms with Crippen molar-refractivity contribution in [2.75, 3.05) is 11.4 Å². The third-order valence-electron chi connectivity index (χ3n) is 5.81. The largest absolute Gasteiger partial charge is 0.443 e. The Kier molecular flexibility index (Phi) is 6.96. The summed E-state index contributed by atoms with van der Waals surface area (Å²) in [6.45, 7) is 7.74. The van der Waals surface area contributed by atoms with Gasteiger partial charge in [-0.2, -0.15) is 4.31 Å². The lowest BCUT2D eigenvalue weighted by molar-refractivity contribution is 0.0597. The van der Waals surface area contributed by atoms with E-state index in [4.69, 9.17) is 4.74 Å². The summed E-state index contributed by atoms with van der Waals surface area (Å²) in [7, 11) is -3.74. The number of hydrogen-bond donors (Lipinski definition) is 0. The van der Waals surface area contributed by atoms with Crippen molar-refractivity contribution in [2.24, 2.45) is 0 Å². The van der Waals surface area contributed by atoms with E-state index in [1.807, 2.05) is 31.2 Å². The monoisotopic (exact) mass is 493 g/mol. The summed E-state index contributed by atoms with van der Waals surface area (Å²) in [4.78, 5) is 19.6. The molecule has 1 saturated heterocycles. The zero-order valence-electron chi connectivity index (χ0n) is 20.5. The van der Waals surface area contributed by atoms with Crippen LogP contribution >= 0.6 is 0 Å². The highest BCUT2D eigenvalue weighted by Gasteiger charge is 2.39. The standard InChI is InChI=1S/C27H31N3O4S/c1-20-14-16-22(17-15-20)35(32,33)29-19-9-13-24(29)23-12-8-18-28-25(23)30(21-10-6-5-7-11-21)26(31)34-27(2,3)4/h5-8,10-12,14-18,24H,9,13,19H2,1-4H3/t24-/m0/s1. The summed E-state index contributed by atoms with van der Waals surface area (Å²) in [5.74, 6) is 0.365. The van der Waals surface area contributed by atoms with Crippen LogP contribution in [0.1, 0.15) is 50.8 Å². The van der Waals surface area contributed by atoms with Crippen LogP contribution in [0.25, 0.3) is 0 Å². The molecule has 8 heteroatoms. The van der Waals surface area contributed by atoms with Crippen LogP contribution in [0.2, 0.25) is 0 Å². The van der Waals surface area contributed by atoms with Gasteiger partial charge in [-0.3, -0.25) is 0 Å². The number of carbonyl (C=O) groups is 1. The Morgan fingerprint density at radius 2 is 1.71 bits per heavy atom. The highest BCUT2D eigenvalue weighted by atomic mass is 32.2. The van der Waals surface area contributed by atoms with Crippen LogP contribution in [0.5, 0.6) is 0 Å². The van der Waals surface area contributed by atoms with E-state index in [2.05, 4.69) is 4.98 Å². The van der Waals surface area contributed by atoms with Crippen LogP contribution in [-0.4, -0.2) is 35.9 Å². The van der Waals surface area contributed by atoms with Crippen molar-refractivity contribution in [3.8, 4) is 0 Å². The first-order valence-electron chi connectivity index (χ1n) is 11.7. The number of anilines is 2. The Hall–Kier alpha value is -3.23. The quantitative estimate of drug-likeness (QED) is 0.436. The van der Waals surface area contributed by atoms with Crippen LogP contribution in [-0.2, 0) is 14.8 Å². The number of aryl methyl sites for hydroxylation is 1. The normalized spacial score (nSPS) is 16.7. The minimum atomic E-state index is -3.74. The molecule has 7 nitrogen and oxygen atoms in total. The fourth-order valence-corrected chi connectivity index (χ4v) is 5.91. The molecule has 1 fully saturated rings. The minimum absolute atomic E-state index is 0.257. The molecule has 0 unspecified atom stereocenters. The van der Waals surface area contributed by atoms with Crippen molar-refractivity contribution >= 4 is 27.6 Å². The number of benzene rings is 2. The second kappa shape index (κ2) is 9.79. The second-order valence-electron chi connectivity index (χ2n) is 9.65. The minimum Gasteiger partial charge on any atom is -0.443 e. The molecule has 0 N–H and O–H groups in total. The predicted octanol–water partition coefficient (Wildman–Crippen LogP) is 5.99. The van der Waals surface area contributed by atoms with Crippen molar-refractivity contribution in [2.45, 2.75) is 57.1 Å². The zero-order chi connectivity index (χ0) is 25.2. The van der Waals surface area contributed by atoms with E-state index in [-0.39, 0.29) is 4.90 Å². The van der Waals surface area contributed by atoms with Gasteiger partial charge in [0.15, 0.2) is 0 Å². The van der Waals surface area contributed by atoms with Crippen molar-refractivity contribution < 1.29 is 17.9 Å². The van der Waals surface area contributed by atoms with E-state index in [1.165, 1.54) is 9.21 Å². The number of amides is 1. The van der Waals surface area contributed by atoms with Gasteiger partial charge in [0.1, 0.15) is 11.4 Å². The average molecular weight is 494 g/mol. The third kappa shape index (κ3) is 5.39. The van der Waals surface area contributed by atoms with Crippen molar-refractivity contribution in [1.29, 1.82) is 0 Å². The molecule has 1 aliphatic rings. The lowest BCUT2D eigenvalue weighted by Gasteiger charge is -2.31. The summed E-state index contributed by atoms with van der Waals surface area (Å²) in [5.41, 5.74) is 1.53. The molecule has 1 atom stereocenters. The van der Waals surface area contributed by atoms with E-state index in [0.717, 1.165) is 5.56 Å². The van der Waals surface area contributed by atoms with Crippen molar-refractivity contribution in [3.63, 3.8) is 0 Å². The fourth-order valence-electron chi connectivity index (χ4n) is 4.24. The zero-order valence-corrected chi connectivity index (χ0v) is 21.3. The van der Waals surface area contributed by atoms with Crippen LogP contribution in [0, 0.1) is 6.92 Å². The molecule has 35 heavy (non-hydrogen) atoms. The average Bonchev–Trinajstić information content (AvgIpc) is 3.30. The molecular formula is C27H31N3O4S. The van der Waals surface area contributed by atoms with Gasteiger partial charge in [0.25, 0.3) is 0 Å². The maximum atomic E-state index is 13.6. The molecule has 1 aliphatic heterocycles. The first kappa shape index (κ1) is 24.9. The van der Waals surface area contributed by atoms with E-state index in [0.29, 0.717) is 36.5 Å². The van der Waals surface area contributed by atoms with Crippen LogP contribution in [0.15, 0.2) is 77.8 Å². The van der Waals surface area contributed by atoms with Gasteiger partial charge in [0.05, 0.1) is 16.6 Å². The Morgan fingerprint density at radius 3 is 2.37 bits per heavy atom. The maximum Gasteiger partial charge on any atom is 0.420 e. The smallest absolute Gasteiger partial charge is 0.420 e. The number of pyridine rings is 1. The molecule has 2 aromatic carbocycles. The predicted molar refractivity (Wildman–Crippen MR) is 136 cm³/mol. The summed E-state index contributed by atoms with van der Waals surface area (Å²) >= 11 is 0. The van der Waals surface area contributed by atoms with Gasteiger partial charge >= 0.3 is 6.09 Å². The number of para-hydroxylation sites is 1. The molecule has 2 heterocycles. The van der Waals surface area contributed by atoms with Gasteiger partial charge in [-0.25, -0.2) is 23.1 Å². The molecular weight excluding hydrogens is 462 g/mol. The van der Waals surface area contributed by atoms with Gasteiger partial charge in [-0.1, -0.05) is 42.0 Å². The maximum absolute atomic E-state index is 13.6. The Morgan fingerprint density at radius 1 is 1.03 bits per heavy atom. The molecule has 3 aromatic rings. The van der Waals surface area contributed by atoms with Gasteiger partial charge in [0.2, 0.25) is 10.0 Å². The molecule has 0 saturated carbocycles. The number of aromatic nitrogens is 1. The molecule has 1 aromatic heterocycles. The van der Waals surface area contributed by atoms with E-state index in [9.17, 15) is 13.2 Å².